The highest BCUT2D eigenvalue weighted by Gasteiger charge is 2.43. The summed E-state index contributed by atoms with van der Waals surface area (Å²) in [4.78, 5) is 17.0. The minimum absolute atomic E-state index is 0.143. The SMILES string of the molecule is NC1=NC(=O)N(C2CC2)C1c1ccc(O)c(F)c1. The maximum atomic E-state index is 13.4. The normalized spacial score (nSPS) is 23.4. The lowest BCUT2D eigenvalue weighted by atomic mass is 10.0. The summed E-state index contributed by atoms with van der Waals surface area (Å²) in [6, 6.07) is 3.26. The number of nitrogens with zero attached hydrogens (tertiary/aromatic N) is 2. The molecule has 1 fully saturated rings. The van der Waals surface area contributed by atoms with Crippen molar-refractivity contribution in [3.05, 3.63) is 29.6 Å². The van der Waals surface area contributed by atoms with Crippen molar-refractivity contribution < 1.29 is 14.3 Å². The summed E-state index contributed by atoms with van der Waals surface area (Å²) < 4.78 is 13.4. The van der Waals surface area contributed by atoms with Gasteiger partial charge in [-0.3, -0.25) is 0 Å². The highest BCUT2D eigenvalue weighted by molar-refractivity contribution is 6.03. The van der Waals surface area contributed by atoms with Gasteiger partial charge in [-0.05, 0) is 30.5 Å². The standard InChI is InChI=1S/C12H12FN3O2/c13-8-5-6(1-4-9(8)17)10-11(14)15-12(18)16(10)7-2-3-7/h1,4-5,7,10,17H,2-3H2,(H2,14,15,18). The number of benzene rings is 1. The quantitative estimate of drug-likeness (QED) is 0.834. The van der Waals surface area contributed by atoms with Crippen LogP contribution in [0.3, 0.4) is 0 Å². The van der Waals surface area contributed by atoms with Crippen molar-refractivity contribution in [1.29, 1.82) is 0 Å². The Morgan fingerprint density at radius 3 is 2.78 bits per heavy atom. The predicted molar refractivity (Wildman–Crippen MR) is 62.7 cm³/mol. The predicted octanol–water partition coefficient (Wildman–Crippen LogP) is 1.53. The molecule has 1 aliphatic heterocycles. The lowest BCUT2D eigenvalue weighted by Crippen LogP contribution is -2.35. The number of carbonyl (C=O) groups excluding carboxylic acids is 1. The van der Waals surface area contributed by atoms with Crippen LogP contribution in [0, 0.1) is 5.82 Å². The summed E-state index contributed by atoms with van der Waals surface area (Å²) >= 11 is 0. The van der Waals surface area contributed by atoms with Gasteiger partial charge >= 0.3 is 6.03 Å². The first-order valence-electron chi connectivity index (χ1n) is 5.72. The zero-order chi connectivity index (χ0) is 12.9. The Hall–Kier alpha value is -2.11. The molecule has 1 unspecified atom stereocenters. The molecule has 0 bridgehead atoms. The van der Waals surface area contributed by atoms with Crippen LogP contribution in [0.25, 0.3) is 0 Å². The lowest BCUT2D eigenvalue weighted by molar-refractivity contribution is 0.203. The molecule has 3 rings (SSSR count). The second kappa shape index (κ2) is 3.69. The smallest absolute Gasteiger partial charge is 0.346 e. The fourth-order valence-electron chi connectivity index (χ4n) is 2.23. The molecule has 1 aromatic rings. The molecule has 18 heavy (non-hydrogen) atoms. The fourth-order valence-corrected chi connectivity index (χ4v) is 2.23. The van der Waals surface area contributed by atoms with E-state index in [-0.39, 0.29) is 17.9 Å². The van der Waals surface area contributed by atoms with Gasteiger partial charge < -0.3 is 15.7 Å². The Labute approximate surface area is 103 Å². The van der Waals surface area contributed by atoms with Crippen LogP contribution >= 0.6 is 0 Å². The molecule has 6 heteroatoms. The maximum absolute atomic E-state index is 13.4. The molecule has 1 atom stereocenters. The summed E-state index contributed by atoms with van der Waals surface area (Å²) in [5.74, 6) is -0.969. The van der Waals surface area contributed by atoms with Crippen LogP contribution in [0.15, 0.2) is 23.2 Å². The second-order valence-corrected chi connectivity index (χ2v) is 4.57. The number of urea groups is 1. The minimum Gasteiger partial charge on any atom is -0.505 e. The van der Waals surface area contributed by atoms with E-state index in [4.69, 9.17) is 5.73 Å². The molecule has 2 aliphatic rings. The summed E-state index contributed by atoms with van der Waals surface area (Å²) in [6.07, 6.45) is 1.84. The number of aliphatic imine (C=N–C) groups is 1. The third-order valence-electron chi connectivity index (χ3n) is 3.23. The minimum atomic E-state index is -0.726. The van der Waals surface area contributed by atoms with Crippen LogP contribution in [-0.4, -0.2) is 27.9 Å². The van der Waals surface area contributed by atoms with Crippen molar-refractivity contribution >= 4 is 11.9 Å². The van der Waals surface area contributed by atoms with E-state index in [0.29, 0.717) is 5.56 Å². The number of nitrogens with two attached hydrogens (primary N) is 1. The fraction of sp³-hybridized carbons (Fsp3) is 0.333. The number of phenols is 1. The van der Waals surface area contributed by atoms with E-state index < -0.39 is 17.6 Å². The Morgan fingerprint density at radius 1 is 1.44 bits per heavy atom. The molecule has 1 heterocycles. The highest BCUT2D eigenvalue weighted by atomic mass is 19.1. The van der Waals surface area contributed by atoms with E-state index in [9.17, 15) is 14.3 Å². The van der Waals surface area contributed by atoms with Crippen molar-refractivity contribution in [3.8, 4) is 5.75 Å². The van der Waals surface area contributed by atoms with Crippen molar-refractivity contribution in [1.82, 2.24) is 4.90 Å². The van der Waals surface area contributed by atoms with E-state index in [2.05, 4.69) is 4.99 Å². The number of hydrogen-bond acceptors (Lipinski definition) is 3. The van der Waals surface area contributed by atoms with Crippen LogP contribution in [-0.2, 0) is 0 Å². The third-order valence-corrected chi connectivity index (χ3v) is 3.23. The molecular formula is C12H12FN3O2. The van der Waals surface area contributed by atoms with Gasteiger partial charge in [0.05, 0.1) is 0 Å². The van der Waals surface area contributed by atoms with E-state index in [1.54, 1.807) is 11.0 Å². The van der Waals surface area contributed by atoms with Crippen LogP contribution in [0.5, 0.6) is 5.75 Å². The van der Waals surface area contributed by atoms with Crippen molar-refractivity contribution in [2.45, 2.75) is 24.9 Å². The summed E-state index contributed by atoms with van der Waals surface area (Å²) in [6.45, 7) is 0. The van der Waals surface area contributed by atoms with Crippen molar-refractivity contribution in [2.24, 2.45) is 10.7 Å². The highest BCUT2D eigenvalue weighted by Crippen LogP contribution is 2.38. The molecule has 1 saturated carbocycles. The van der Waals surface area contributed by atoms with E-state index in [1.807, 2.05) is 0 Å². The maximum Gasteiger partial charge on any atom is 0.346 e. The Balaban J connectivity index is 2.00. The molecule has 0 aromatic heterocycles. The van der Waals surface area contributed by atoms with Gasteiger partial charge in [-0.1, -0.05) is 6.07 Å². The molecule has 94 valence electrons. The van der Waals surface area contributed by atoms with Gasteiger partial charge in [0.2, 0.25) is 0 Å². The van der Waals surface area contributed by atoms with Gasteiger partial charge in [-0.2, -0.15) is 4.99 Å². The van der Waals surface area contributed by atoms with Crippen LogP contribution < -0.4 is 5.73 Å². The second-order valence-electron chi connectivity index (χ2n) is 4.57. The van der Waals surface area contributed by atoms with Gasteiger partial charge in [0.15, 0.2) is 11.6 Å². The monoisotopic (exact) mass is 249 g/mol. The van der Waals surface area contributed by atoms with Crippen LogP contribution in [0.4, 0.5) is 9.18 Å². The number of carbonyl (C=O) groups is 1. The average Bonchev–Trinajstić information content (AvgIpc) is 3.09. The third kappa shape index (κ3) is 1.61. The van der Waals surface area contributed by atoms with E-state index in [0.717, 1.165) is 12.8 Å². The number of phenolic OH excluding ortho intramolecular Hbond substituents is 1. The number of amidine groups is 1. The number of hydrogen-bond donors (Lipinski definition) is 2. The van der Waals surface area contributed by atoms with Gasteiger partial charge in [0, 0.05) is 6.04 Å². The average molecular weight is 249 g/mol. The molecule has 1 aromatic carbocycles. The Kier molecular flexibility index (Phi) is 2.26. The zero-order valence-electron chi connectivity index (χ0n) is 9.51. The van der Waals surface area contributed by atoms with E-state index >= 15 is 0 Å². The van der Waals surface area contributed by atoms with Gasteiger partial charge in [0.25, 0.3) is 0 Å². The van der Waals surface area contributed by atoms with Gasteiger partial charge in [0.1, 0.15) is 11.9 Å². The molecule has 1 aliphatic carbocycles. The first kappa shape index (κ1) is 11.0. The summed E-state index contributed by atoms with van der Waals surface area (Å²) in [5.41, 5.74) is 6.28. The largest absolute Gasteiger partial charge is 0.505 e. The molecule has 0 spiro atoms. The number of aromatic hydroxyl groups is 1. The van der Waals surface area contributed by atoms with Crippen molar-refractivity contribution in [3.63, 3.8) is 0 Å². The van der Waals surface area contributed by atoms with E-state index in [1.165, 1.54) is 12.1 Å². The number of amides is 2. The van der Waals surface area contributed by atoms with Gasteiger partial charge in [-0.15, -0.1) is 0 Å². The van der Waals surface area contributed by atoms with Crippen molar-refractivity contribution in [2.75, 3.05) is 0 Å². The molecule has 3 N–H and O–H groups in total. The van der Waals surface area contributed by atoms with Crippen LogP contribution in [0.1, 0.15) is 24.4 Å². The Morgan fingerprint density at radius 2 is 2.17 bits per heavy atom. The summed E-state index contributed by atoms with van der Waals surface area (Å²) in [7, 11) is 0. The van der Waals surface area contributed by atoms with Crippen LogP contribution in [0.2, 0.25) is 0 Å². The Bertz CT molecular complexity index is 554. The lowest BCUT2D eigenvalue weighted by Gasteiger charge is -2.24. The molecule has 0 saturated heterocycles. The molecule has 2 amide bonds. The first-order chi connectivity index (χ1) is 8.58. The van der Waals surface area contributed by atoms with Gasteiger partial charge in [-0.25, -0.2) is 9.18 Å². The molecular weight excluding hydrogens is 237 g/mol. The first-order valence-corrected chi connectivity index (χ1v) is 5.72. The summed E-state index contributed by atoms with van der Waals surface area (Å²) in [5, 5.41) is 9.17. The number of halogens is 1. The molecule has 0 radical (unpaired) electrons. The zero-order valence-corrected chi connectivity index (χ0v) is 9.51. The number of rotatable bonds is 2. The topological polar surface area (TPSA) is 78.9 Å². The molecule has 5 nitrogen and oxygen atoms in total.